The third kappa shape index (κ3) is 2.76. The third-order valence-corrected chi connectivity index (χ3v) is 5.10. The van der Waals surface area contributed by atoms with Crippen molar-refractivity contribution in [2.24, 2.45) is 18.7 Å². The van der Waals surface area contributed by atoms with Gasteiger partial charge in [0.2, 0.25) is 5.91 Å². The molecule has 3 rings (SSSR count). The second-order valence-electron chi connectivity index (χ2n) is 6.53. The highest BCUT2D eigenvalue weighted by Gasteiger charge is 2.39. The first kappa shape index (κ1) is 15.7. The maximum absolute atomic E-state index is 11.9. The minimum absolute atomic E-state index is 0.105. The minimum atomic E-state index is -0.235. The molecule has 0 saturated carbocycles. The molecule has 1 aliphatic rings. The van der Waals surface area contributed by atoms with Gasteiger partial charge < -0.3 is 5.73 Å². The minimum Gasteiger partial charge on any atom is -0.369 e. The number of carbonyl (C=O) groups is 1. The van der Waals surface area contributed by atoms with Gasteiger partial charge in [-0.2, -0.15) is 10.2 Å². The Balaban J connectivity index is 1.84. The fraction of sp³-hybridized carbons (Fsp3) is 0.562. The van der Waals surface area contributed by atoms with Crippen LogP contribution >= 0.6 is 0 Å². The Morgan fingerprint density at radius 3 is 2.65 bits per heavy atom. The summed E-state index contributed by atoms with van der Waals surface area (Å²) in [7, 11) is 1.92. The smallest absolute Gasteiger partial charge is 0.222 e. The molecular formula is C16H24N6O. The summed E-state index contributed by atoms with van der Waals surface area (Å²) in [6.45, 7) is 8.34. The molecule has 0 aliphatic carbocycles. The van der Waals surface area contributed by atoms with E-state index in [1.54, 1.807) is 0 Å². The number of H-pyrrole nitrogens is 1. The maximum Gasteiger partial charge on any atom is 0.222 e. The second kappa shape index (κ2) is 5.81. The first-order valence-electron chi connectivity index (χ1n) is 7.89. The van der Waals surface area contributed by atoms with Crippen LogP contribution in [0.3, 0.4) is 0 Å². The van der Waals surface area contributed by atoms with Gasteiger partial charge in [-0.05, 0) is 26.3 Å². The molecule has 2 aromatic rings. The Morgan fingerprint density at radius 2 is 2.13 bits per heavy atom. The fourth-order valence-corrected chi connectivity index (χ4v) is 3.53. The van der Waals surface area contributed by atoms with Crippen LogP contribution in [0.25, 0.3) is 0 Å². The highest BCUT2D eigenvalue weighted by molar-refractivity contribution is 5.78. The molecule has 1 fully saturated rings. The molecule has 0 radical (unpaired) electrons. The number of nitrogens with zero attached hydrogens (tertiary/aromatic N) is 4. The molecule has 7 heteroatoms. The average Bonchev–Trinajstić information content (AvgIpc) is 3.15. The standard InChI is InChI=1S/C16H24N6O/c1-9-13(10(2)20-19-9)6-22-7-14(15(8-22)16(17)23)12-5-18-21(4)11(12)3/h5,14-15H,6-8H2,1-4H3,(H2,17,23)(H,19,20)/t14-,15+/m1/s1. The topological polar surface area (TPSA) is 92.8 Å². The van der Waals surface area contributed by atoms with E-state index in [0.29, 0.717) is 6.54 Å². The van der Waals surface area contributed by atoms with E-state index in [4.69, 9.17) is 5.73 Å². The average molecular weight is 316 g/mol. The zero-order chi connectivity index (χ0) is 16.7. The van der Waals surface area contributed by atoms with Crippen molar-refractivity contribution in [3.63, 3.8) is 0 Å². The summed E-state index contributed by atoms with van der Waals surface area (Å²) in [4.78, 5) is 14.2. The number of aromatic amines is 1. The number of amides is 1. The predicted octanol–water partition coefficient (Wildman–Crippen LogP) is 0.769. The van der Waals surface area contributed by atoms with Gasteiger partial charge in [-0.3, -0.25) is 19.5 Å². The van der Waals surface area contributed by atoms with Crippen molar-refractivity contribution < 1.29 is 4.79 Å². The number of hydrogen-bond acceptors (Lipinski definition) is 4. The number of rotatable bonds is 4. The van der Waals surface area contributed by atoms with Gasteiger partial charge in [-0.15, -0.1) is 0 Å². The lowest BCUT2D eigenvalue weighted by Crippen LogP contribution is -2.29. The normalized spacial score (nSPS) is 21.9. The number of hydrogen-bond donors (Lipinski definition) is 2. The quantitative estimate of drug-likeness (QED) is 0.871. The molecule has 0 aromatic carbocycles. The van der Waals surface area contributed by atoms with Crippen LogP contribution in [-0.2, 0) is 18.4 Å². The van der Waals surface area contributed by atoms with Gasteiger partial charge in [0.1, 0.15) is 0 Å². The number of primary amides is 1. The van der Waals surface area contributed by atoms with Crippen molar-refractivity contribution in [2.45, 2.75) is 33.2 Å². The van der Waals surface area contributed by atoms with Crippen molar-refractivity contribution in [1.82, 2.24) is 24.9 Å². The van der Waals surface area contributed by atoms with Crippen LogP contribution in [0.2, 0.25) is 0 Å². The summed E-state index contributed by atoms with van der Waals surface area (Å²) in [6.07, 6.45) is 1.87. The largest absolute Gasteiger partial charge is 0.369 e. The molecule has 2 aromatic heterocycles. The van der Waals surface area contributed by atoms with Crippen molar-refractivity contribution in [3.05, 3.63) is 34.4 Å². The van der Waals surface area contributed by atoms with E-state index in [0.717, 1.165) is 35.7 Å². The van der Waals surface area contributed by atoms with Gasteiger partial charge in [-0.1, -0.05) is 0 Å². The molecule has 3 N–H and O–H groups in total. The van der Waals surface area contributed by atoms with Gasteiger partial charge in [-0.25, -0.2) is 0 Å². The van der Waals surface area contributed by atoms with Gasteiger partial charge in [0.25, 0.3) is 0 Å². The summed E-state index contributed by atoms with van der Waals surface area (Å²) >= 11 is 0. The molecule has 0 bridgehead atoms. The van der Waals surface area contributed by atoms with Crippen LogP contribution in [0.5, 0.6) is 0 Å². The number of nitrogens with two attached hydrogens (primary N) is 1. The Kier molecular flexibility index (Phi) is 3.97. The van der Waals surface area contributed by atoms with Crippen LogP contribution < -0.4 is 5.73 Å². The van der Waals surface area contributed by atoms with Crippen molar-refractivity contribution in [2.75, 3.05) is 13.1 Å². The summed E-state index contributed by atoms with van der Waals surface area (Å²) in [5, 5.41) is 11.6. The molecule has 2 atom stereocenters. The number of likely N-dealkylation sites (tertiary alicyclic amines) is 1. The molecule has 1 aliphatic heterocycles. The molecular weight excluding hydrogens is 292 g/mol. The molecule has 1 saturated heterocycles. The van der Waals surface area contributed by atoms with E-state index < -0.39 is 0 Å². The molecule has 124 valence electrons. The van der Waals surface area contributed by atoms with Gasteiger partial charge in [0, 0.05) is 49.6 Å². The molecule has 0 unspecified atom stereocenters. The van der Waals surface area contributed by atoms with Gasteiger partial charge >= 0.3 is 0 Å². The Bertz CT molecular complexity index is 712. The highest BCUT2D eigenvalue weighted by Crippen LogP contribution is 2.35. The first-order chi connectivity index (χ1) is 10.9. The summed E-state index contributed by atoms with van der Waals surface area (Å²) in [5.41, 5.74) is 11.2. The Morgan fingerprint density at radius 1 is 1.39 bits per heavy atom. The van der Waals surface area contributed by atoms with E-state index in [9.17, 15) is 4.79 Å². The van der Waals surface area contributed by atoms with Crippen LogP contribution in [0.1, 0.15) is 34.1 Å². The van der Waals surface area contributed by atoms with E-state index in [1.807, 2.05) is 38.7 Å². The zero-order valence-electron chi connectivity index (χ0n) is 14.1. The summed E-state index contributed by atoms with van der Waals surface area (Å²) < 4.78 is 1.85. The first-order valence-corrected chi connectivity index (χ1v) is 7.89. The van der Waals surface area contributed by atoms with E-state index in [-0.39, 0.29) is 17.7 Å². The van der Waals surface area contributed by atoms with Crippen molar-refractivity contribution >= 4 is 5.91 Å². The van der Waals surface area contributed by atoms with Crippen LogP contribution in [0, 0.1) is 26.7 Å². The maximum atomic E-state index is 11.9. The fourth-order valence-electron chi connectivity index (χ4n) is 3.53. The summed E-state index contributed by atoms with van der Waals surface area (Å²) in [5.74, 6) is -0.305. The number of aromatic nitrogens is 4. The third-order valence-electron chi connectivity index (χ3n) is 5.10. The SMILES string of the molecule is Cc1n[nH]c(C)c1CN1C[C@H](C(N)=O)[C@@H](c2cnn(C)c2C)C1. The Hall–Kier alpha value is -2.15. The van der Waals surface area contributed by atoms with Crippen LogP contribution in [0.4, 0.5) is 0 Å². The highest BCUT2D eigenvalue weighted by atomic mass is 16.1. The number of carbonyl (C=O) groups excluding carboxylic acids is 1. The van der Waals surface area contributed by atoms with E-state index in [2.05, 4.69) is 20.2 Å². The predicted molar refractivity (Wildman–Crippen MR) is 86.7 cm³/mol. The molecule has 3 heterocycles. The molecule has 23 heavy (non-hydrogen) atoms. The summed E-state index contributed by atoms with van der Waals surface area (Å²) in [6, 6.07) is 0. The van der Waals surface area contributed by atoms with E-state index >= 15 is 0 Å². The lowest BCUT2D eigenvalue weighted by Gasteiger charge is -2.16. The lowest BCUT2D eigenvalue weighted by atomic mass is 9.89. The zero-order valence-corrected chi connectivity index (χ0v) is 14.1. The second-order valence-corrected chi connectivity index (χ2v) is 6.53. The Labute approximate surface area is 135 Å². The monoisotopic (exact) mass is 316 g/mol. The molecule has 0 spiro atoms. The lowest BCUT2D eigenvalue weighted by molar-refractivity contribution is -0.121. The van der Waals surface area contributed by atoms with Crippen molar-refractivity contribution in [3.8, 4) is 0 Å². The number of aryl methyl sites for hydroxylation is 3. The molecule has 7 nitrogen and oxygen atoms in total. The van der Waals surface area contributed by atoms with Crippen molar-refractivity contribution in [1.29, 1.82) is 0 Å². The number of nitrogens with one attached hydrogen (secondary N) is 1. The van der Waals surface area contributed by atoms with Crippen LogP contribution in [-0.4, -0.2) is 43.9 Å². The van der Waals surface area contributed by atoms with Gasteiger partial charge in [0.15, 0.2) is 0 Å². The molecule has 1 amide bonds. The van der Waals surface area contributed by atoms with Gasteiger partial charge in [0.05, 0.1) is 17.8 Å². The van der Waals surface area contributed by atoms with Crippen LogP contribution in [0.15, 0.2) is 6.20 Å². The van der Waals surface area contributed by atoms with E-state index in [1.165, 1.54) is 5.56 Å².